The molecule has 7 nitrogen and oxygen atoms in total. The number of allylic oxidation sites excluding steroid dienone is 2. The van der Waals surface area contributed by atoms with Crippen LogP contribution in [0.3, 0.4) is 0 Å². The average molecular weight is 376 g/mol. The molecular formula is C17H30ClN3O4. The first-order chi connectivity index (χ1) is 11.7. The molecule has 0 radical (unpaired) electrons. The van der Waals surface area contributed by atoms with E-state index in [0.717, 1.165) is 23.9 Å². The zero-order chi connectivity index (χ0) is 19.8. The predicted molar refractivity (Wildman–Crippen MR) is 100 cm³/mol. The van der Waals surface area contributed by atoms with Crippen LogP contribution in [0.5, 0.6) is 0 Å². The van der Waals surface area contributed by atoms with Crippen LogP contribution in [0.2, 0.25) is 0 Å². The molecule has 1 aromatic rings. The summed E-state index contributed by atoms with van der Waals surface area (Å²) in [5.74, 6) is 0.554. The third-order valence-electron chi connectivity index (χ3n) is 4.18. The molecule has 1 aliphatic heterocycles. The van der Waals surface area contributed by atoms with Crippen molar-refractivity contribution >= 4 is 23.0 Å². The highest BCUT2D eigenvalue weighted by atomic mass is 35.5. The number of anilines is 1. The van der Waals surface area contributed by atoms with Crippen LogP contribution < -0.4 is 5.73 Å². The minimum absolute atomic E-state index is 0.187. The summed E-state index contributed by atoms with van der Waals surface area (Å²) >= 11 is 5.96. The molecule has 0 spiro atoms. The number of ether oxygens (including phenoxy) is 1. The van der Waals surface area contributed by atoms with Crippen molar-refractivity contribution in [2.45, 2.75) is 57.8 Å². The minimum atomic E-state index is -0.788. The molecule has 1 aromatic heterocycles. The monoisotopic (exact) mass is 375 g/mol. The van der Waals surface area contributed by atoms with Gasteiger partial charge < -0.3 is 25.8 Å². The molecule has 8 heteroatoms. The molecule has 1 saturated heterocycles. The van der Waals surface area contributed by atoms with E-state index in [9.17, 15) is 5.11 Å². The normalized spacial score (nSPS) is 28.6. The number of nitrogens with two attached hydrogens (primary N) is 1. The highest BCUT2D eigenvalue weighted by molar-refractivity contribution is 6.24. The lowest BCUT2D eigenvalue weighted by Gasteiger charge is -2.22. The van der Waals surface area contributed by atoms with Gasteiger partial charge in [0.05, 0.1) is 23.3 Å². The lowest BCUT2D eigenvalue weighted by Crippen LogP contribution is -2.39. The Morgan fingerprint density at radius 2 is 2.00 bits per heavy atom. The zero-order valence-electron chi connectivity index (χ0n) is 15.7. The van der Waals surface area contributed by atoms with Crippen molar-refractivity contribution in [3.8, 4) is 0 Å². The van der Waals surface area contributed by atoms with Gasteiger partial charge in [0, 0.05) is 12.7 Å². The van der Waals surface area contributed by atoms with Crippen LogP contribution in [0.15, 0.2) is 12.4 Å². The maximum atomic E-state index is 9.47. The van der Waals surface area contributed by atoms with E-state index in [2.05, 4.69) is 9.97 Å². The Morgan fingerprint density at radius 1 is 1.44 bits per heavy atom. The Labute approximate surface area is 154 Å². The van der Waals surface area contributed by atoms with E-state index >= 15 is 0 Å². The predicted octanol–water partition coefficient (Wildman–Crippen LogP) is 1.52. The second-order valence-corrected chi connectivity index (χ2v) is 6.60. The van der Waals surface area contributed by atoms with Crippen LogP contribution in [0.4, 0.5) is 5.82 Å². The first-order valence-corrected chi connectivity index (χ1v) is 8.32. The average Bonchev–Trinajstić information content (AvgIpc) is 2.79. The van der Waals surface area contributed by atoms with Crippen molar-refractivity contribution < 1.29 is 20.1 Å². The van der Waals surface area contributed by atoms with Gasteiger partial charge in [-0.25, -0.2) is 9.97 Å². The van der Waals surface area contributed by atoms with Crippen LogP contribution in [0.1, 0.15) is 39.0 Å². The van der Waals surface area contributed by atoms with Crippen molar-refractivity contribution in [2.24, 2.45) is 0 Å². The first-order valence-electron chi connectivity index (χ1n) is 7.95. The van der Waals surface area contributed by atoms with Crippen molar-refractivity contribution in [3.63, 3.8) is 0 Å². The van der Waals surface area contributed by atoms with E-state index < -0.39 is 17.1 Å². The van der Waals surface area contributed by atoms with Gasteiger partial charge in [-0.15, -0.1) is 11.6 Å². The van der Waals surface area contributed by atoms with Crippen molar-refractivity contribution in [1.29, 1.82) is 0 Å². The van der Waals surface area contributed by atoms with E-state index in [1.807, 2.05) is 26.8 Å². The van der Waals surface area contributed by atoms with Gasteiger partial charge >= 0.3 is 0 Å². The van der Waals surface area contributed by atoms with Crippen molar-refractivity contribution in [3.05, 3.63) is 23.7 Å². The van der Waals surface area contributed by atoms with Gasteiger partial charge in [0.15, 0.2) is 0 Å². The first kappa shape index (κ1) is 23.8. The fourth-order valence-electron chi connectivity index (χ4n) is 2.34. The van der Waals surface area contributed by atoms with E-state index in [4.69, 9.17) is 32.3 Å². The molecular weight excluding hydrogens is 346 g/mol. The molecule has 0 bridgehead atoms. The van der Waals surface area contributed by atoms with Crippen molar-refractivity contribution in [2.75, 3.05) is 19.5 Å². The molecule has 3 unspecified atom stereocenters. The van der Waals surface area contributed by atoms with Gasteiger partial charge in [-0.3, -0.25) is 0 Å². The standard InChI is InChI=1S/C9H13N3.C7H13ClO3.CH4O/c1-4-6(2)8-7(3)11-5-12-9(8)10;1-4-7(2,8)6(10)5(3-9)11-4;1-2/h4-5H,1-3H3,(H2,10,11,12);4-6,9-10H,3H2,1-2H3;2H,1H3/b6-4-;;/t;4-,5?,6?,7?;/m.0./s1. The molecule has 1 aliphatic rings. The summed E-state index contributed by atoms with van der Waals surface area (Å²) in [5.41, 5.74) is 8.71. The number of aromatic nitrogens is 2. The van der Waals surface area contributed by atoms with Crippen LogP contribution >= 0.6 is 11.6 Å². The zero-order valence-corrected chi connectivity index (χ0v) is 16.4. The van der Waals surface area contributed by atoms with Gasteiger partial charge in [-0.05, 0) is 40.2 Å². The smallest absolute Gasteiger partial charge is 0.134 e. The van der Waals surface area contributed by atoms with Gasteiger partial charge in [-0.1, -0.05) is 6.08 Å². The molecule has 5 N–H and O–H groups in total. The summed E-state index contributed by atoms with van der Waals surface area (Å²) in [7, 11) is 1.00. The van der Waals surface area contributed by atoms with Gasteiger partial charge in [0.1, 0.15) is 24.4 Å². The van der Waals surface area contributed by atoms with E-state index in [0.29, 0.717) is 5.82 Å². The highest BCUT2D eigenvalue weighted by Crippen LogP contribution is 2.35. The number of aliphatic hydroxyl groups is 3. The summed E-state index contributed by atoms with van der Waals surface area (Å²) in [5, 5.41) is 25.2. The molecule has 0 aromatic carbocycles. The Bertz CT molecular complexity index is 547. The third-order valence-corrected chi connectivity index (χ3v) is 4.71. The number of nitrogens with zero attached hydrogens (tertiary/aromatic N) is 2. The molecule has 0 aliphatic carbocycles. The topological polar surface area (TPSA) is 122 Å². The summed E-state index contributed by atoms with van der Waals surface area (Å²) in [6.07, 6.45) is 1.94. The highest BCUT2D eigenvalue weighted by Gasteiger charge is 2.49. The lowest BCUT2D eigenvalue weighted by atomic mass is 9.99. The number of alkyl halides is 1. The van der Waals surface area contributed by atoms with E-state index in [1.165, 1.54) is 6.33 Å². The molecule has 0 amide bonds. The quantitative estimate of drug-likeness (QED) is 0.578. The molecule has 25 heavy (non-hydrogen) atoms. The fourth-order valence-corrected chi connectivity index (χ4v) is 2.53. The Hall–Kier alpha value is -1.25. The second kappa shape index (κ2) is 10.7. The fraction of sp³-hybridized carbons (Fsp3) is 0.647. The van der Waals surface area contributed by atoms with Crippen LogP contribution in [-0.4, -0.2) is 62.2 Å². The maximum Gasteiger partial charge on any atom is 0.134 e. The molecule has 2 heterocycles. The van der Waals surface area contributed by atoms with Crippen LogP contribution in [0.25, 0.3) is 5.57 Å². The summed E-state index contributed by atoms with van der Waals surface area (Å²) < 4.78 is 5.21. The molecule has 1 fully saturated rings. The van der Waals surface area contributed by atoms with Crippen LogP contribution in [-0.2, 0) is 4.74 Å². The number of aryl methyl sites for hydroxylation is 1. The summed E-state index contributed by atoms with van der Waals surface area (Å²) in [6, 6.07) is 0. The molecule has 144 valence electrons. The van der Waals surface area contributed by atoms with E-state index in [-0.39, 0.29) is 12.7 Å². The van der Waals surface area contributed by atoms with Crippen LogP contribution in [0, 0.1) is 6.92 Å². The number of halogens is 1. The minimum Gasteiger partial charge on any atom is -0.400 e. The molecule has 4 atom stereocenters. The summed E-state index contributed by atoms with van der Waals surface area (Å²) in [6.45, 7) is 9.21. The van der Waals surface area contributed by atoms with Gasteiger partial charge in [0.25, 0.3) is 0 Å². The second-order valence-electron chi connectivity index (χ2n) is 5.79. The number of rotatable bonds is 2. The Kier molecular flexibility index (Phi) is 10.1. The molecule has 0 saturated carbocycles. The number of aliphatic hydroxyl groups excluding tert-OH is 3. The molecule has 2 rings (SSSR count). The number of nitrogen functional groups attached to an aromatic ring is 1. The van der Waals surface area contributed by atoms with Crippen molar-refractivity contribution in [1.82, 2.24) is 9.97 Å². The maximum absolute atomic E-state index is 9.47. The number of hydrogen-bond donors (Lipinski definition) is 4. The SMILES string of the molecule is C/C=C(/C)c1c(C)ncnc1N.CO.C[C@@H]1OC(CO)C(O)C1(C)Cl. The third kappa shape index (κ3) is 5.90. The van der Waals surface area contributed by atoms with Gasteiger partial charge in [-0.2, -0.15) is 0 Å². The Morgan fingerprint density at radius 3 is 2.32 bits per heavy atom. The largest absolute Gasteiger partial charge is 0.400 e. The van der Waals surface area contributed by atoms with E-state index in [1.54, 1.807) is 13.8 Å². The summed E-state index contributed by atoms with van der Waals surface area (Å²) in [4.78, 5) is 7.24. The Balaban J connectivity index is 0.000000421. The van der Waals surface area contributed by atoms with Gasteiger partial charge in [0.2, 0.25) is 0 Å². The number of hydrogen-bond acceptors (Lipinski definition) is 7. The lowest BCUT2D eigenvalue weighted by molar-refractivity contribution is -0.0170.